The molecule has 19 heavy (non-hydrogen) atoms. The van der Waals surface area contributed by atoms with Crippen LogP contribution in [0.2, 0.25) is 0 Å². The molecule has 3 atom stereocenters. The first kappa shape index (κ1) is 12.8. The van der Waals surface area contributed by atoms with E-state index in [2.05, 4.69) is 84.7 Å². The highest BCUT2D eigenvalue weighted by Crippen LogP contribution is 2.43. The maximum Gasteiger partial charge on any atom is 0.0492 e. The zero-order valence-electron chi connectivity index (χ0n) is 11.1. The molecule has 0 amide bonds. The Hall–Kier alpha value is -1.25. The summed E-state index contributed by atoms with van der Waals surface area (Å²) in [6.07, 6.45) is 0. The molecule has 0 spiro atoms. The molecule has 98 valence electrons. The Morgan fingerprint density at radius 2 is 1.47 bits per heavy atom. The fourth-order valence-corrected chi connectivity index (χ4v) is 4.02. The topological polar surface area (TPSA) is 12.0 Å². The Balaban J connectivity index is 1.93. The summed E-state index contributed by atoms with van der Waals surface area (Å²) in [5, 5.41) is 4.26. The molecule has 1 aliphatic rings. The second-order valence-corrected chi connectivity index (χ2v) is 6.30. The summed E-state index contributed by atoms with van der Waals surface area (Å²) in [6, 6.07) is 22.6. The molecule has 0 aliphatic carbocycles. The number of hydrogen-bond donors (Lipinski definition) is 1. The molecule has 1 aliphatic heterocycles. The summed E-state index contributed by atoms with van der Waals surface area (Å²) in [5.74, 6) is 1.17. The van der Waals surface area contributed by atoms with Crippen LogP contribution in [0.5, 0.6) is 0 Å². The largest absolute Gasteiger partial charge is 0.305 e. The Morgan fingerprint density at radius 1 is 0.895 bits per heavy atom. The van der Waals surface area contributed by atoms with Crippen LogP contribution in [0, 0.1) is 0 Å². The summed E-state index contributed by atoms with van der Waals surface area (Å²) >= 11 is 2.06. The van der Waals surface area contributed by atoms with Crippen molar-refractivity contribution in [2.45, 2.75) is 24.3 Å². The molecule has 3 unspecified atom stereocenters. The minimum Gasteiger partial charge on any atom is -0.305 e. The van der Waals surface area contributed by atoms with Crippen LogP contribution in [0.15, 0.2) is 60.7 Å². The molecule has 2 heteroatoms. The van der Waals surface area contributed by atoms with E-state index in [4.69, 9.17) is 0 Å². The molecule has 3 rings (SSSR count). The van der Waals surface area contributed by atoms with E-state index >= 15 is 0 Å². The summed E-state index contributed by atoms with van der Waals surface area (Å²) < 4.78 is 0. The van der Waals surface area contributed by atoms with Gasteiger partial charge in [-0.05, 0) is 18.1 Å². The van der Waals surface area contributed by atoms with Crippen molar-refractivity contribution in [1.82, 2.24) is 5.32 Å². The third-order valence-electron chi connectivity index (χ3n) is 3.58. The molecule has 0 aromatic heterocycles. The van der Waals surface area contributed by atoms with Gasteiger partial charge in [0.05, 0.1) is 0 Å². The molecule has 2 aromatic rings. The summed E-state index contributed by atoms with van der Waals surface area (Å²) in [4.78, 5) is 0. The average Bonchev–Trinajstić information content (AvgIpc) is 2.49. The average molecular weight is 269 g/mol. The van der Waals surface area contributed by atoms with Gasteiger partial charge in [0.15, 0.2) is 0 Å². The maximum absolute atomic E-state index is 3.76. The molecule has 1 saturated heterocycles. The van der Waals surface area contributed by atoms with Crippen molar-refractivity contribution < 1.29 is 0 Å². The molecule has 1 fully saturated rings. The number of nitrogens with one attached hydrogen (secondary N) is 1. The van der Waals surface area contributed by atoms with Gasteiger partial charge in [-0.15, -0.1) is 0 Å². The molecule has 2 aromatic carbocycles. The van der Waals surface area contributed by atoms with Crippen molar-refractivity contribution in [1.29, 1.82) is 0 Å². The van der Waals surface area contributed by atoms with Gasteiger partial charge in [0.1, 0.15) is 0 Å². The predicted molar refractivity (Wildman–Crippen MR) is 83.4 cm³/mol. The number of benzene rings is 2. The number of hydrogen-bond acceptors (Lipinski definition) is 2. The van der Waals surface area contributed by atoms with E-state index in [-0.39, 0.29) is 0 Å². The van der Waals surface area contributed by atoms with E-state index in [1.807, 2.05) is 0 Å². The highest BCUT2D eigenvalue weighted by molar-refractivity contribution is 7.99. The van der Waals surface area contributed by atoms with Crippen LogP contribution in [0.1, 0.15) is 29.3 Å². The van der Waals surface area contributed by atoms with Crippen molar-refractivity contribution in [2.75, 3.05) is 5.75 Å². The lowest BCUT2D eigenvalue weighted by molar-refractivity contribution is 0.455. The predicted octanol–water partition coefficient (Wildman–Crippen LogP) is 4.19. The van der Waals surface area contributed by atoms with Gasteiger partial charge >= 0.3 is 0 Å². The molecule has 0 saturated carbocycles. The van der Waals surface area contributed by atoms with Crippen LogP contribution in [0.25, 0.3) is 0 Å². The smallest absolute Gasteiger partial charge is 0.0492 e. The maximum atomic E-state index is 3.76. The fourth-order valence-electron chi connectivity index (χ4n) is 2.65. The summed E-state index contributed by atoms with van der Waals surface area (Å²) in [7, 11) is 0. The first-order chi connectivity index (χ1) is 9.34. The molecular weight excluding hydrogens is 250 g/mol. The highest BCUT2D eigenvalue weighted by Gasteiger charge is 2.30. The second kappa shape index (κ2) is 5.81. The molecule has 1 N–H and O–H groups in total. The number of rotatable bonds is 2. The van der Waals surface area contributed by atoms with Crippen LogP contribution in [0.3, 0.4) is 0 Å². The van der Waals surface area contributed by atoms with Gasteiger partial charge in [-0.1, -0.05) is 60.7 Å². The van der Waals surface area contributed by atoms with E-state index in [0.717, 1.165) is 0 Å². The van der Waals surface area contributed by atoms with Crippen molar-refractivity contribution in [3.8, 4) is 0 Å². The lowest BCUT2D eigenvalue weighted by Gasteiger charge is -2.36. The van der Waals surface area contributed by atoms with E-state index < -0.39 is 0 Å². The first-order valence-electron chi connectivity index (χ1n) is 6.82. The second-order valence-electron chi connectivity index (χ2n) is 5.12. The minimum absolute atomic E-state index is 0.400. The standard InChI is InChI=1S/C17H19NS/c1-13-12-19-17(15-10-6-3-7-11-15)16(18-13)14-8-4-2-5-9-14/h2-11,13,16-18H,12H2,1H3. The lowest BCUT2D eigenvalue weighted by atomic mass is 9.97. The summed E-state index contributed by atoms with van der Waals surface area (Å²) in [5.41, 5.74) is 2.80. The van der Waals surface area contributed by atoms with Crippen LogP contribution in [0.4, 0.5) is 0 Å². The van der Waals surface area contributed by atoms with Crippen LogP contribution < -0.4 is 5.32 Å². The minimum atomic E-state index is 0.400. The molecular formula is C17H19NS. The van der Waals surface area contributed by atoms with Gasteiger partial charge in [0, 0.05) is 23.1 Å². The van der Waals surface area contributed by atoms with Gasteiger partial charge in [-0.3, -0.25) is 0 Å². The van der Waals surface area contributed by atoms with Gasteiger partial charge < -0.3 is 5.32 Å². The van der Waals surface area contributed by atoms with Gasteiger partial charge in [0.25, 0.3) is 0 Å². The lowest BCUT2D eigenvalue weighted by Crippen LogP contribution is -2.39. The van der Waals surface area contributed by atoms with Crippen molar-refractivity contribution in [3.05, 3.63) is 71.8 Å². The Morgan fingerprint density at radius 3 is 2.11 bits per heavy atom. The van der Waals surface area contributed by atoms with Crippen molar-refractivity contribution >= 4 is 11.8 Å². The third kappa shape index (κ3) is 2.85. The first-order valence-corrected chi connectivity index (χ1v) is 7.87. The fraction of sp³-hybridized carbons (Fsp3) is 0.294. The zero-order valence-corrected chi connectivity index (χ0v) is 11.9. The quantitative estimate of drug-likeness (QED) is 0.877. The van der Waals surface area contributed by atoms with E-state index in [1.165, 1.54) is 16.9 Å². The van der Waals surface area contributed by atoms with Gasteiger partial charge in [-0.25, -0.2) is 0 Å². The SMILES string of the molecule is CC1CSC(c2ccccc2)C(c2ccccc2)N1. The Kier molecular flexibility index (Phi) is 3.90. The summed E-state index contributed by atoms with van der Waals surface area (Å²) in [6.45, 7) is 2.27. The molecule has 0 bridgehead atoms. The van der Waals surface area contributed by atoms with E-state index in [0.29, 0.717) is 17.3 Å². The Bertz CT molecular complexity index is 511. The molecule has 1 nitrogen and oxygen atoms in total. The van der Waals surface area contributed by atoms with Crippen molar-refractivity contribution in [3.63, 3.8) is 0 Å². The monoisotopic (exact) mass is 269 g/mol. The number of thioether (sulfide) groups is 1. The molecule has 1 heterocycles. The third-order valence-corrected chi connectivity index (χ3v) is 5.18. The van der Waals surface area contributed by atoms with Crippen LogP contribution >= 0.6 is 11.8 Å². The van der Waals surface area contributed by atoms with Crippen molar-refractivity contribution in [2.24, 2.45) is 0 Å². The van der Waals surface area contributed by atoms with E-state index in [1.54, 1.807) is 0 Å². The Labute approximate surface area is 119 Å². The van der Waals surface area contributed by atoms with Gasteiger partial charge in [-0.2, -0.15) is 11.8 Å². The van der Waals surface area contributed by atoms with Gasteiger partial charge in [0.2, 0.25) is 0 Å². The highest BCUT2D eigenvalue weighted by atomic mass is 32.2. The van der Waals surface area contributed by atoms with Crippen LogP contribution in [-0.2, 0) is 0 Å². The van der Waals surface area contributed by atoms with E-state index in [9.17, 15) is 0 Å². The zero-order chi connectivity index (χ0) is 13.1. The normalized spacial score (nSPS) is 27.1. The van der Waals surface area contributed by atoms with Crippen LogP contribution in [-0.4, -0.2) is 11.8 Å². The molecule has 0 radical (unpaired) electrons.